The van der Waals surface area contributed by atoms with E-state index in [1.54, 1.807) is 6.20 Å². The fourth-order valence-electron chi connectivity index (χ4n) is 3.45. The summed E-state index contributed by atoms with van der Waals surface area (Å²) in [5, 5.41) is 0. The van der Waals surface area contributed by atoms with Gasteiger partial charge in [-0.3, -0.25) is 4.79 Å². The predicted molar refractivity (Wildman–Crippen MR) is 98.0 cm³/mol. The molecule has 2 atom stereocenters. The summed E-state index contributed by atoms with van der Waals surface area (Å²) in [6.45, 7) is 4.85. The topological polar surface area (TPSA) is 72.4 Å². The highest BCUT2D eigenvalue weighted by molar-refractivity contribution is 5.77. The van der Waals surface area contributed by atoms with Gasteiger partial charge in [0.05, 0.1) is 6.20 Å². The summed E-state index contributed by atoms with van der Waals surface area (Å²) in [7, 11) is 0. The van der Waals surface area contributed by atoms with Crippen LogP contribution in [0.25, 0.3) is 11.3 Å². The molecule has 5 heteroatoms. The fourth-order valence-corrected chi connectivity index (χ4v) is 3.45. The van der Waals surface area contributed by atoms with Gasteiger partial charge < -0.3 is 15.1 Å². The normalized spacial score (nSPS) is 19.0. The van der Waals surface area contributed by atoms with Gasteiger partial charge in [-0.1, -0.05) is 29.8 Å². The third kappa shape index (κ3) is 4.28. The Morgan fingerprint density at radius 2 is 2.12 bits per heavy atom. The Morgan fingerprint density at radius 3 is 2.84 bits per heavy atom. The number of oxazole rings is 1. The molecule has 0 aliphatic carbocycles. The van der Waals surface area contributed by atoms with E-state index in [0.717, 1.165) is 37.1 Å². The number of aromatic nitrogens is 1. The van der Waals surface area contributed by atoms with Crippen LogP contribution < -0.4 is 5.73 Å². The van der Waals surface area contributed by atoms with Crippen molar-refractivity contribution in [2.75, 3.05) is 6.54 Å². The van der Waals surface area contributed by atoms with Crippen LogP contribution in [0.15, 0.2) is 34.9 Å². The van der Waals surface area contributed by atoms with E-state index in [9.17, 15) is 4.79 Å². The molecule has 1 aromatic carbocycles. The molecule has 1 aromatic heterocycles. The Hall–Kier alpha value is -2.14. The zero-order valence-corrected chi connectivity index (χ0v) is 15.1. The molecule has 3 rings (SSSR count). The number of aryl methyl sites for hydroxylation is 2. The zero-order valence-electron chi connectivity index (χ0n) is 15.1. The third-order valence-corrected chi connectivity index (χ3v) is 4.92. The summed E-state index contributed by atoms with van der Waals surface area (Å²) < 4.78 is 5.82. The van der Waals surface area contributed by atoms with Crippen LogP contribution in [0.2, 0.25) is 0 Å². The van der Waals surface area contributed by atoms with Crippen molar-refractivity contribution < 1.29 is 9.21 Å². The predicted octanol–water partition coefficient (Wildman–Crippen LogP) is 3.31. The number of hydrogen-bond donors (Lipinski definition) is 1. The van der Waals surface area contributed by atoms with E-state index in [1.165, 1.54) is 5.56 Å². The SMILES string of the molecule is Cc1ccc(-c2cnc(CCC(=O)N3CCCCC3C(C)N)o2)cc1. The number of hydrogen-bond acceptors (Lipinski definition) is 4. The van der Waals surface area contributed by atoms with E-state index in [1.807, 2.05) is 36.1 Å². The average molecular weight is 341 g/mol. The molecule has 2 aromatic rings. The van der Waals surface area contributed by atoms with E-state index in [0.29, 0.717) is 18.7 Å². The first-order valence-corrected chi connectivity index (χ1v) is 9.11. The molecule has 2 heterocycles. The van der Waals surface area contributed by atoms with Gasteiger partial charge in [-0.2, -0.15) is 0 Å². The van der Waals surface area contributed by atoms with Crippen LogP contribution in [0.4, 0.5) is 0 Å². The number of rotatable bonds is 5. The molecule has 0 spiro atoms. The molecule has 134 valence electrons. The minimum Gasteiger partial charge on any atom is -0.441 e. The van der Waals surface area contributed by atoms with Crippen LogP contribution >= 0.6 is 0 Å². The van der Waals surface area contributed by atoms with Gasteiger partial charge in [0.25, 0.3) is 0 Å². The zero-order chi connectivity index (χ0) is 17.8. The molecule has 5 nitrogen and oxygen atoms in total. The van der Waals surface area contributed by atoms with E-state index < -0.39 is 0 Å². The van der Waals surface area contributed by atoms with Gasteiger partial charge in [-0.05, 0) is 33.1 Å². The van der Waals surface area contributed by atoms with E-state index in [2.05, 4.69) is 11.9 Å². The molecule has 0 bridgehead atoms. The second-order valence-electron chi connectivity index (χ2n) is 6.99. The van der Waals surface area contributed by atoms with Gasteiger partial charge in [0.1, 0.15) is 0 Å². The number of carbonyl (C=O) groups is 1. The van der Waals surface area contributed by atoms with Crippen molar-refractivity contribution in [1.82, 2.24) is 9.88 Å². The maximum absolute atomic E-state index is 12.6. The van der Waals surface area contributed by atoms with Gasteiger partial charge in [-0.15, -0.1) is 0 Å². The Bertz CT molecular complexity index is 706. The van der Waals surface area contributed by atoms with Crippen molar-refractivity contribution in [3.8, 4) is 11.3 Å². The molecule has 2 N–H and O–H groups in total. The van der Waals surface area contributed by atoms with Crippen LogP contribution in [0.5, 0.6) is 0 Å². The molecule has 2 unspecified atom stereocenters. The second kappa shape index (κ2) is 7.83. The molecule has 0 radical (unpaired) electrons. The first-order valence-electron chi connectivity index (χ1n) is 9.11. The highest BCUT2D eigenvalue weighted by Crippen LogP contribution is 2.23. The van der Waals surface area contributed by atoms with E-state index >= 15 is 0 Å². The standard InChI is InChI=1S/C20H27N3O2/c1-14-6-8-16(9-7-14)18-13-22-19(25-18)10-11-20(24)23-12-4-3-5-17(23)15(2)21/h6-9,13,15,17H,3-5,10-12,21H2,1-2H3. The number of nitrogens with two attached hydrogens (primary N) is 1. The molecule has 1 fully saturated rings. The Balaban J connectivity index is 1.60. The van der Waals surface area contributed by atoms with Crippen molar-refractivity contribution in [2.24, 2.45) is 5.73 Å². The summed E-state index contributed by atoms with van der Waals surface area (Å²) in [4.78, 5) is 18.9. The minimum atomic E-state index is 0.0131. The third-order valence-electron chi connectivity index (χ3n) is 4.92. The number of amides is 1. The van der Waals surface area contributed by atoms with Crippen LogP contribution in [-0.4, -0.2) is 34.4 Å². The molecule has 1 aliphatic heterocycles. The summed E-state index contributed by atoms with van der Waals surface area (Å²) in [6, 6.07) is 8.31. The molecular formula is C20H27N3O2. The quantitative estimate of drug-likeness (QED) is 0.905. The minimum absolute atomic E-state index is 0.0131. The summed E-state index contributed by atoms with van der Waals surface area (Å²) in [6.07, 6.45) is 5.88. The van der Waals surface area contributed by atoms with Crippen molar-refractivity contribution in [2.45, 2.75) is 58.0 Å². The van der Waals surface area contributed by atoms with Crippen molar-refractivity contribution in [3.63, 3.8) is 0 Å². The Kier molecular flexibility index (Phi) is 5.53. The van der Waals surface area contributed by atoms with Gasteiger partial charge in [0.15, 0.2) is 11.7 Å². The Morgan fingerprint density at radius 1 is 1.36 bits per heavy atom. The van der Waals surface area contributed by atoms with Gasteiger partial charge in [0.2, 0.25) is 5.91 Å². The lowest BCUT2D eigenvalue weighted by Gasteiger charge is -2.38. The molecule has 0 saturated carbocycles. The fraction of sp³-hybridized carbons (Fsp3) is 0.500. The maximum atomic E-state index is 12.6. The second-order valence-corrected chi connectivity index (χ2v) is 6.99. The largest absolute Gasteiger partial charge is 0.441 e. The lowest BCUT2D eigenvalue weighted by atomic mass is 9.96. The molecule has 25 heavy (non-hydrogen) atoms. The van der Waals surface area contributed by atoms with E-state index in [-0.39, 0.29) is 18.0 Å². The number of nitrogens with zero attached hydrogens (tertiary/aromatic N) is 2. The first-order chi connectivity index (χ1) is 12.0. The van der Waals surface area contributed by atoms with Crippen molar-refractivity contribution >= 4 is 5.91 Å². The van der Waals surface area contributed by atoms with Crippen LogP contribution in [0.3, 0.4) is 0 Å². The number of carbonyl (C=O) groups excluding carboxylic acids is 1. The Labute approximate surface area is 149 Å². The van der Waals surface area contributed by atoms with Crippen LogP contribution in [0, 0.1) is 6.92 Å². The summed E-state index contributed by atoms with van der Waals surface area (Å²) >= 11 is 0. The first kappa shape index (κ1) is 17.7. The number of benzene rings is 1. The van der Waals surface area contributed by atoms with Crippen LogP contribution in [-0.2, 0) is 11.2 Å². The smallest absolute Gasteiger partial charge is 0.223 e. The lowest BCUT2D eigenvalue weighted by Crippen LogP contribution is -2.51. The van der Waals surface area contributed by atoms with Crippen molar-refractivity contribution in [1.29, 1.82) is 0 Å². The van der Waals surface area contributed by atoms with E-state index in [4.69, 9.17) is 10.2 Å². The van der Waals surface area contributed by atoms with Crippen LogP contribution in [0.1, 0.15) is 44.1 Å². The highest BCUT2D eigenvalue weighted by atomic mass is 16.4. The molecular weight excluding hydrogens is 314 g/mol. The number of piperidine rings is 1. The molecule has 1 saturated heterocycles. The van der Waals surface area contributed by atoms with Crippen molar-refractivity contribution in [3.05, 3.63) is 41.9 Å². The molecule has 1 aliphatic rings. The molecule has 1 amide bonds. The highest BCUT2D eigenvalue weighted by Gasteiger charge is 2.29. The van der Waals surface area contributed by atoms with Gasteiger partial charge >= 0.3 is 0 Å². The van der Waals surface area contributed by atoms with Gasteiger partial charge in [-0.25, -0.2) is 4.98 Å². The summed E-state index contributed by atoms with van der Waals surface area (Å²) in [5.74, 6) is 1.50. The van der Waals surface area contributed by atoms with Gasteiger partial charge in [0, 0.05) is 37.0 Å². The lowest BCUT2D eigenvalue weighted by molar-refractivity contribution is -0.135. The average Bonchev–Trinajstić information content (AvgIpc) is 3.09. The maximum Gasteiger partial charge on any atom is 0.223 e. The number of likely N-dealkylation sites (tertiary alicyclic amines) is 1. The summed E-state index contributed by atoms with van der Waals surface area (Å²) in [5.41, 5.74) is 8.27. The monoisotopic (exact) mass is 341 g/mol.